The zero-order valence-corrected chi connectivity index (χ0v) is 10.1. The van der Waals surface area contributed by atoms with Gasteiger partial charge in [-0.05, 0) is 18.1 Å². The van der Waals surface area contributed by atoms with Gasteiger partial charge in [0.05, 0.1) is 5.69 Å². The Morgan fingerprint density at radius 1 is 1.56 bits per heavy atom. The molecule has 0 saturated carbocycles. The standard InChI is InChI=1S/C11H11ClFN3O2/c12-5-6-3-4-14-10(13)9(6)15-7-1-2-8(17)16-11(7)18/h3-4,7,15H,1-2,5H2,(H,16,17,18). The van der Waals surface area contributed by atoms with Crippen LogP contribution in [0.3, 0.4) is 0 Å². The van der Waals surface area contributed by atoms with Crippen LogP contribution in [0, 0.1) is 5.95 Å². The molecule has 1 aromatic rings. The van der Waals surface area contributed by atoms with Crippen molar-refractivity contribution >= 4 is 29.1 Å². The van der Waals surface area contributed by atoms with Gasteiger partial charge in [0.2, 0.25) is 17.8 Å². The molecule has 1 unspecified atom stereocenters. The molecule has 2 amide bonds. The number of imide groups is 1. The maximum absolute atomic E-state index is 13.6. The molecule has 0 bridgehead atoms. The van der Waals surface area contributed by atoms with Crippen LogP contribution in [0.4, 0.5) is 10.1 Å². The van der Waals surface area contributed by atoms with Crippen LogP contribution in [-0.2, 0) is 15.5 Å². The van der Waals surface area contributed by atoms with Gasteiger partial charge in [-0.25, -0.2) is 4.98 Å². The predicted molar refractivity (Wildman–Crippen MR) is 63.5 cm³/mol. The van der Waals surface area contributed by atoms with Gasteiger partial charge in [-0.1, -0.05) is 0 Å². The highest BCUT2D eigenvalue weighted by Crippen LogP contribution is 2.22. The average Bonchev–Trinajstić information content (AvgIpc) is 2.34. The number of amides is 2. The van der Waals surface area contributed by atoms with Crippen LogP contribution in [0.15, 0.2) is 12.3 Å². The Morgan fingerprint density at radius 2 is 2.33 bits per heavy atom. The molecule has 1 aliphatic heterocycles. The number of alkyl halides is 1. The van der Waals surface area contributed by atoms with E-state index in [1.54, 1.807) is 6.07 Å². The minimum atomic E-state index is -0.710. The molecule has 1 aliphatic rings. The van der Waals surface area contributed by atoms with E-state index in [0.717, 1.165) is 0 Å². The van der Waals surface area contributed by atoms with Crippen molar-refractivity contribution in [2.45, 2.75) is 24.8 Å². The maximum atomic E-state index is 13.6. The van der Waals surface area contributed by atoms with Crippen molar-refractivity contribution in [3.8, 4) is 0 Å². The fraction of sp³-hybridized carbons (Fsp3) is 0.364. The number of anilines is 1. The Bertz CT molecular complexity index is 495. The van der Waals surface area contributed by atoms with Crippen LogP contribution >= 0.6 is 11.6 Å². The van der Waals surface area contributed by atoms with Crippen molar-refractivity contribution in [2.24, 2.45) is 0 Å². The first-order valence-electron chi connectivity index (χ1n) is 5.41. The lowest BCUT2D eigenvalue weighted by Crippen LogP contribution is -2.47. The molecule has 0 radical (unpaired) electrons. The van der Waals surface area contributed by atoms with Gasteiger partial charge in [-0.2, -0.15) is 4.39 Å². The van der Waals surface area contributed by atoms with E-state index in [9.17, 15) is 14.0 Å². The molecular weight excluding hydrogens is 261 g/mol. The molecule has 0 spiro atoms. The number of aromatic nitrogens is 1. The first-order valence-corrected chi connectivity index (χ1v) is 5.95. The topological polar surface area (TPSA) is 71.1 Å². The molecule has 5 nitrogen and oxygen atoms in total. The van der Waals surface area contributed by atoms with Gasteiger partial charge in [-0.15, -0.1) is 11.6 Å². The summed E-state index contributed by atoms with van der Waals surface area (Å²) in [4.78, 5) is 26.1. The molecule has 96 valence electrons. The second-order valence-electron chi connectivity index (χ2n) is 3.92. The monoisotopic (exact) mass is 271 g/mol. The van der Waals surface area contributed by atoms with Gasteiger partial charge < -0.3 is 5.32 Å². The molecule has 0 aliphatic carbocycles. The fourth-order valence-corrected chi connectivity index (χ4v) is 1.96. The molecule has 1 saturated heterocycles. The van der Waals surface area contributed by atoms with Crippen LogP contribution in [0.25, 0.3) is 0 Å². The molecule has 2 rings (SSSR count). The maximum Gasteiger partial charge on any atom is 0.249 e. The number of carbonyl (C=O) groups excluding carboxylic acids is 2. The summed E-state index contributed by atoms with van der Waals surface area (Å²) in [5, 5.41) is 4.94. The first kappa shape index (κ1) is 12.8. The van der Waals surface area contributed by atoms with E-state index in [-0.39, 0.29) is 23.9 Å². The highest BCUT2D eigenvalue weighted by atomic mass is 35.5. The van der Waals surface area contributed by atoms with Gasteiger partial charge >= 0.3 is 0 Å². The Kier molecular flexibility index (Phi) is 3.76. The number of halogens is 2. The number of nitrogens with one attached hydrogen (secondary N) is 2. The van der Waals surface area contributed by atoms with Crippen molar-refractivity contribution in [1.29, 1.82) is 0 Å². The number of piperidine rings is 1. The third kappa shape index (κ3) is 2.59. The summed E-state index contributed by atoms with van der Waals surface area (Å²) in [5.74, 6) is -1.38. The number of carbonyl (C=O) groups is 2. The quantitative estimate of drug-likeness (QED) is 0.492. The summed E-state index contributed by atoms with van der Waals surface area (Å²) >= 11 is 5.69. The molecule has 1 aromatic heterocycles. The predicted octanol–water partition coefficient (Wildman–Crippen LogP) is 1.18. The van der Waals surface area contributed by atoms with Gasteiger partial charge in [0, 0.05) is 18.5 Å². The van der Waals surface area contributed by atoms with Gasteiger partial charge in [-0.3, -0.25) is 14.9 Å². The third-order valence-corrected chi connectivity index (χ3v) is 2.98. The highest BCUT2D eigenvalue weighted by molar-refractivity contribution is 6.17. The average molecular weight is 272 g/mol. The summed E-state index contributed by atoms with van der Waals surface area (Å²) < 4.78 is 13.6. The normalized spacial score (nSPS) is 19.6. The van der Waals surface area contributed by atoms with Crippen molar-refractivity contribution in [3.05, 3.63) is 23.8 Å². The molecule has 1 fully saturated rings. The summed E-state index contributed by atoms with van der Waals surface area (Å²) in [5.41, 5.74) is 0.635. The van der Waals surface area contributed by atoms with E-state index in [2.05, 4.69) is 15.6 Å². The van der Waals surface area contributed by atoms with Crippen molar-refractivity contribution in [3.63, 3.8) is 0 Å². The fourth-order valence-electron chi connectivity index (χ4n) is 1.74. The van der Waals surface area contributed by atoms with Crippen molar-refractivity contribution in [1.82, 2.24) is 10.3 Å². The van der Waals surface area contributed by atoms with E-state index in [0.29, 0.717) is 12.0 Å². The van der Waals surface area contributed by atoms with Crippen LogP contribution in [0.5, 0.6) is 0 Å². The molecule has 18 heavy (non-hydrogen) atoms. The number of hydrogen-bond acceptors (Lipinski definition) is 4. The Balaban J connectivity index is 2.19. The van der Waals surface area contributed by atoms with Crippen LogP contribution in [-0.4, -0.2) is 22.8 Å². The molecule has 1 atom stereocenters. The zero-order valence-electron chi connectivity index (χ0n) is 9.37. The SMILES string of the molecule is O=C1CCC(Nc2c(CCl)ccnc2F)C(=O)N1. The van der Waals surface area contributed by atoms with Crippen molar-refractivity contribution < 1.29 is 14.0 Å². The van der Waals surface area contributed by atoms with Gasteiger partial charge in [0.1, 0.15) is 6.04 Å². The molecule has 0 aromatic carbocycles. The highest BCUT2D eigenvalue weighted by Gasteiger charge is 2.27. The van der Waals surface area contributed by atoms with E-state index < -0.39 is 17.9 Å². The van der Waals surface area contributed by atoms with E-state index in [4.69, 9.17) is 11.6 Å². The largest absolute Gasteiger partial charge is 0.370 e. The lowest BCUT2D eigenvalue weighted by atomic mass is 10.1. The van der Waals surface area contributed by atoms with Gasteiger partial charge in [0.25, 0.3) is 0 Å². The Labute approximate surface area is 108 Å². The van der Waals surface area contributed by atoms with Crippen LogP contribution in [0.1, 0.15) is 18.4 Å². The van der Waals surface area contributed by atoms with Crippen LogP contribution < -0.4 is 10.6 Å². The van der Waals surface area contributed by atoms with Gasteiger partial charge in [0.15, 0.2) is 0 Å². The minimum absolute atomic E-state index is 0.106. The second kappa shape index (κ2) is 5.30. The van der Waals surface area contributed by atoms with Crippen LogP contribution in [0.2, 0.25) is 0 Å². The van der Waals surface area contributed by atoms with E-state index in [1.165, 1.54) is 6.20 Å². The molecule has 2 N–H and O–H groups in total. The molecular formula is C11H11ClFN3O2. The minimum Gasteiger partial charge on any atom is -0.370 e. The molecule has 2 heterocycles. The number of hydrogen-bond donors (Lipinski definition) is 2. The first-order chi connectivity index (χ1) is 8.61. The summed E-state index contributed by atoms with van der Waals surface area (Å²) in [6, 6.07) is 0.924. The molecule has 7 heteroatoms. The number of nitrogens with zero attached hydrogens (tertiary/aromatic N) is 1. The smallest absolute Gasteiger partial charge is 0.249 e. The Hall–Kier alpha value is -1.69. The lowest BCUT2D eigenvalue weighted by molar-refractivity contribution is -0.133. The zero-order chi connectivity index (χ0) is 13.1. The third-order valence-electron chi connectivity index (χ3n) is 2.69. The summed E-state index contributed by atoms with van der Waals surface area (Å²) in [6.45, 7) is 0. The lowest BCUT2D eigenvalue weighted by Gasteiger charge is -2.23. The summed E-state index contributed by atoms with van der Waals surface area (Å²) in [7, 11) is 0. The van der Waals surface area contributed by atoms with Crippen molar-refractivity contribution in [2.75, 3.05) is 5.32 Å². The number of rotatable bonds is 3. The summed E-state index contributed by atoms with van der Waals surface area (Å²) in [6.07, 6.45) is 1.85. The Morgan fingerprint density at radius 3 is 3.00 bits per heavy atom. The van der Waals surface area contributed by atoms with E-state index >= 15 is 0 Å². The van der Waals surface area contributed by atoms with E-state index in [1.807, 2.05) is 0 Å². The number of pyridine rings is 1. The second-order valence-corrected chi connectivity index (χ2v) is 4.18.